The monoisotopic (exact) mass is 571 g/mol. The first-order valence-electron chi connectivity index (χ1n) is 13.6. The number of carbonyl (C=O) groups is 2. The van der Waals surface area contributed by atoms with Gasteiger partial charge in [-0.3, -0.25) is 9.59 Å². The second-order valence-corrected chi connectivity index (χ2v) is 10.7. The van der Waals surface area contributed by atoms with Crippen LogP contribution >= 0.6 is 11.6 Å². The van der Waals surface area contributed by atoms with Crippen LogP contribution in [0.4, 0.5) is 5.95 Å². The topological polar surface area (TPSA) is 114 Å². The maximum Gasteiger partial charge on any atom is 0.254 e. The summed E-state index contributed by atoms with van der Waals surface area (Å²) in [5.74, 6) is 0.0724. The number of anilines is 1. The molecule has 6 rings (SSSR count). The van der Waals surface area contributed by atoms with Crippen molar-refractivity contribution in [2.24, 2.45) is 0 Å². The molecule has 2 aromatic heterocycles. The van der Waals surface area contributed by atoms with E-state index in [0.717, 1.165) is 35.2 Å². The summed E-state index contributed by atoms with van der Waals surface area (Å²) in [6, 6.07) is 15.3. The molecule has 210 valence electrons. The second kappa shape index (κ2) is 11.7. The number of ether oxygens (including phenoxy) is 1. The maximum absolute atomic E-state index is 13.3. The summed E-state index contributed by atoms with van der Waals surface area (Å²) in [5.41, 5.74) is 4.58. The van der Waals surface area contributed by atoms with Crippen molar-refractivity contribution in [3.05, 3.63) is 88.8 Å². The zero-order valence-electron chi connectivity index (χ0n) is 22.6. The van der Waals surface area contributed by atoms with E-state index in [9.17, 15) is 9.59 Å². The number of rotatable bonds is 8. The number of amides is 2. The number of fused-ring (bicyclic) bond motifs is 1. The Balaban J connectivity index is 1.10. The van der Waals surface area contributed by atoms with Crippen LogP contribution in [0.5, 0.6) is 0 Å². The summed E-state index contributed by atoms with van der Waals surface area (Å²) in [4.78, 5) is 36.7. The van der Waals surface area contributed by atoms with Gasteiger partial charge in [0.15, 0.2) is 0 Å². The quantitative estimate of drug-likeness (QED) is 0.322. The molecule has 0 spiro atoms. The Morgan fingerprint density at radius 2 is 1.98 bits per heavy atom. The number of nitrogens with zero attached hydrogens (tertiary/aromatic N) is 5. The lowest BCUT2D eigenvalue weighted by atomic mass is 10.0. The van der Waals surface area contributed by atoms with E-state index in [1.807, 2.05) is 55.6 Å². The first kappa shape index (κ1) is 26.9. The zero-order valence-corrected chi connectivity index (χ0v) is 23.3. The molecule has 1 unspecified atom stereocenters. The highest BCUT2D eigenvalue weighted by Crippen LogP contribution is 2.31. The van der Waals surface area contributed by atoms with Crippen LogP contribution in [0.15, 0.2) is 67.1 Å². The molecule has 2 aliphatic rings. The van der Waals surface area contributed by atoms with Gasteiger partial charge in [-0.1, -0.05) is 35.9 Å². The standard InChI is InChI=1S/C30H30ClN7O3/c1-19(20-5-7-24(8-6-20)38-12-2-11-33-38)34-27(39)18-37-17-22-4-3-21(15-25(22)29(37)40)28-26(31)16-32-30(36-28)35-23-9-13-41-14-10-23/h2-8,11-12,15-16,19,23H,9-10,13-14,17-18H2,1H3,(H,34,39)(H,32,35,36). The first-order valence-corrected chi connectivity index (χ1v) is 14.0. The van der Waals surface area contributed by atoms with Gasteiger partial charge in [-0.15, -0.1) is 0 Å². The minimum atomic E-state index is -0.224. The summed E-state index contributed by atoms with van der Waals surface area (Å²) in [6.07, 6.45) is 6.94. The van der Waals surface area contributed by atoms with E-state index < -0.39 is 0 Å². The Kier molecular flexibility index (Phi) is 7.67. The average molecular weight is 572 g/mol. The third kappa shape index (κ3) is 5.94. The molecule has 2 amide bonds. The SMILES string of the molecule is CC(NC(=O)CN1Cc2ccc(-c3nc(NC4CCOCC4)ncc3Cl)cc2C1=O)c1ccc(-n2cccn2)cc1. The first-order chi connectivity index (χ1) is 19.9. The molecule has 0 saturated carbocycles. The van der Waals surface area contributed by atoms with Gasteiger partial charge in [-0.05, 0) is 55.2 Å². The molecule has 2 N–H and O–H groups in total. The third-order valence-corrected chi connectivity index (χ3v) is 7.71. The van der Waals surface area contributed by atoms with Gasteiger partial charge in [0.05, 0.1) is 28.6 Å². The number of hydrogen-bond acceptors (Lipinski definition) is 7. The van der Waals surface area contributed by atoms with E-state index in [0.29, 0.717) is 42.0 Å². The molecular formula is C30H30ClN7O3. The predicted octanol–water partition coefficient (Wildman–Crippen LogP) is 4.41. The molecule has 11 heteroatoms. The summed E-state index contributed by atoms with van der Waals surface area (Å²) >= 11 is 6.47. The van der Waals surface area contributed by atoms with Crippen LogP contribution < -0.4 is 10.6 Å². The average Bonchev–Trinajstić information content (AvgIpc) is 3.63. The summed E-state index contributed by atoms with van der Waals surface area (Å²) in [6.45, 7) is 3.66. The van der Waals surface area contributed by atoms with Crippen molar-refractivity contribution in [3.63, 3.8) is 0 Å². The normalized spacial score (nSPS) is 16.0. The molecule has 41 heavy (non-hydrogen) atoms. The van der Waals surface area contributed by atoms with Crippen LogP contribution in [0.25, 0.3) is 16.9 Å². The molecule has 0 aliphatic carbocycles. The maximum atomic E-state index is 13.3. The molecule has 0 radical (unpaired) electrons. The smallest absolute Gasteiger partial charge is 0.254 e. The van der Waals surface area contributed by atoms with Crippen LogP contribution in [-0.2, 0) is 16.1 Å². The fourth-order valence-electron chi connectivity index (χ4n) is 5.18. The van der Waals surface area contributed by atoms with E-state index in [2.05, 4.69) is 25.7 Å². The second-order valence-electron chi connectivity index (χ2n) is 10.3. The third-order valence-electron chi connectivity index (χ3n) is 7.43. The van der Waals surface area contributed by atoms with Crippen LogP contribution in [0.2, 0.25) is 5.02 Å². The van der Waals surface area contributed by atoms with Crippen molar-refractivity contribution < 1.29 is 14.3 Å². The molecule has 2 aliphatic heterocycles. The molecule has 4 heterocycles. The molecule has 1 fully saturated rings. The number of halogens is 1. The highest BCUT2D eigenvalue weighted by atomic mass is 35.5. The lowest BCUT2D eigenvalue weighted by Gasteiger charge is -2.23. The van der Waals surface area contributed by atoms with Gasteiger partial charge in [0.25, 0.3) is 5.91 Å². The lowest BCUT2D eigenvalue weighted by molar-refractivity contribution is -0.122. The van der Waals surface area contributed by atoms with Crippen molar-refractivity contribution in [1.82, 2.24) is 30.0 Å². The zero-order chi connectivity index (χ0) is 28.3. The number of benzene rings is 2. The molecule has 10 nitrogen and oxygen atoms in total. The van der Waals surface area contributed by atoms with Gasteiger partial charge in [0.1, 0.15) is 6.54 Å². The van der Waals surface area contributed by atoms with Gasteiger partial charge >= 0.3 is 0 Å². The van der Waals surface area contributed by atoms with E-state index in [-0.39, 0.29) is 30.4 Å². The lowest BCUT2D eigenvalue weighted by Crippen LogP contribution is -2.38. The van der Waals surface area contributed by atoms with Gasteiger partial charge in [0.2, 0.25) is 11.9 Å². The summed E-state index contributed by atoms with van der Waals surface area (Å²) in [5, 5.41) is 11.0. The predicted molar refractivity (Wildman–Crippen MR) is 155 cm³/mol. The number of aromatic nitrogens is 4. The molecule has 1 atom stereocenters. The Hall–Kier alpha value is -4.28. The van der Waals surface area contributed by atoms with Crippen molar-refractivity contribution in [1.29, 1.82) is 0 Å². The van der Waals surface area contributed by atoms with E-state index >= 15 is 0 Å². The molecule has 1 saturated heterocycles. The number of carbonyl (C=O) groups excluding carboxylic acids is 2. The van der Waals surface area contributed by atoms with Gasteiger partial charge in [-0.2, -0.15) is 5.10 Å². The van der Waals surface area contributed by atoms with Crippen molar-refractivity contribution in [2.45, 2.75) is 38.4 Å². The van der Waals surface area contributed by atoms with Gasteiger partial charge in [0, 0.05) is 49.3 Å². The Morgan fingerprint density at radius 1 is 1.17 bits per heavy atom. The highest BCUT2D eigenvalue weighted by molar-refractivity contribution is 6.33. The van der Waals surface area contributed by atoms with Gasteiger partial charge in [-0.25, -0.2) is 14.6 Å². The molecule has 4 aromatic rings. The van der Waals surface area contributed by atoms with Gasteiger partial charge < -0.3 is 20.3 Å². The van der Waals surface area contributed by atoms with Crippen LogP contribution in [-0.4, -0.2) is 62.3 Å². The molecular weight excluding hydrogens is 542 g/mol. The van der Waals surface area contributed by atoms with Crippen molar-refractivity contribution in [2.75, 3.05) is 25.1 Å². The van der Waals surface area contributed by atoms with Crippen LogP contribution in [0.1, 0.15) is 47.3 Å². The van der Waals surface area contributed by atoms with Crippen LogP contribution in [0, 0.1) is 0 Å². The Bertz CT molecular complexity index is 1550. The molecule has 0 bridgehead atoms. The fraction of sp³-hybridized carbons (Fsp3) is 0.300. The summed E-state index contributed by atoms with van der Waals surface area (Å²) in [7, 11) is 0. The van der Waals surface area contributed by atoms with E-state index in [1.54, 1.807) is 28.0 Å². The van der Waals surface area contributed by atoms with Crippen molar-refractivity contribution in [3.8, 4) is 16.9 Å². The van der Waals surface area contributed by atoms with Crippen molar-refractivity contribution >= 4 is 29.4 Å². The highest BCUT2D eigenvalue weighted by Gasteiger charge is 2.30. The Morgan fingerprint density at radius 3 is 2.73 bits per heavy atom. The minimum Gasteiger partial charge on any atom is -0.381 e. The number of hydrogen-bond donors (Lipinski definition) is 2. The fourth-order valence-corrected chi connectivity index (χ4v) is 5.38. The largest absolute Gasteiger partial charge is 0.381 e. The molecule has 2 aromatic carbocycles. The Labute approximate surface area is 242 Å². The van der Waals surface area contributed by atoms with Crippen LogP contribution in [0.3, 0.4) is 0 Å². The van der Waals surface area contributed by atoms with E-state index in [1.165, 1.54) is 0 Å². The van der Waals surface area contributed by atoms with E-state index in [4.69, 9.17) is 16.3 Å². The summed E-state index contributed by atoms with van der Waals surface area (Å²) < 4.78 is 7.20. The number of nitrogens with one attached hydrogen (secondary N) is 2. The minimum absolute atomic E-state index is 0.0357.